The van der Waals surface area contributed by atoms with Crippen molar-refractivity contribution < 1.29 is 14.8 Å². The van der Waals surface area contributed by atoms with E-state index in [2.05, 4.69) is 5.32 Å². The number of non-ortho nitro benzene ring substituents is 1. The van der Waals surface area contributed by atoms with Crippen LogP contribution in [0.25, 0.3) is 0 Å². The van der Waals surface area contributed by atoms with Crippen LogP contribution < -0.4 is 5.32 Å². The molecule has 8 heteroatoms. The average molecular weight is 272 g/mol. The number of carboxylic acid groups (broad SMARTS) is 1. The summed E-state index contributed by atoms with van der Waals surface area (Å²) in [7, 11) is 0. The van der Waals surface area contributed by atoms with Gasteiger partial charge in [0.1, 0.15) is 4.32 Å². The Labute approximate surface area is 106 Å². The highest BCUT2D eigenvalue weighted by Crippen LogP contribution is 2.17. The average Bonchev–Trinajstić information content (AvgIpc) is 2.27. The number of hydrogen-bond donors (Lipinski definition) is 2. The highest BCUT2D eigenvalue weighted by Gasteiger charge is 2.06. The number of rotatable bonds is 4. The first-order chi connectivity index (χ1) is 7.99. The Morgan fingerprint density at radius 2 is 2.06 bits per heavy atom. The zero-order chi connectivity index (χ0) is 12.8. The highest BCUT2D eigenvalue weighted by molar-refractivity contribution is 8.23. The largest absolute Gasteiger partial charge is 0.481 e. The minimum absolute atomic E-state index is 0.0142. The first kappa shape index (κ1) is 13.4. The van der Waals surface area contributed by atoms with Crippen LogP contribution >= 0.6 is 24.0 Å². The summed E-state index contributed by atoms with van der Waals surface area (Å²) >= 11 is 5.87. The second-order valence-electron chi connectivity index (χ2n) is 2.90. The number of anilines is 1. The monoisotopic (exact) mass is 272 g/mol. The van der Waals surface area contributed by atoms with Crippen molar-refractivity contribution in [2.75, 3.05) is 11.1 Å². The number of hydrogen-bond acceptors (Lipinski definition) is 5. The van der Waals surface area contributed by atoms with Crippen LogP contribution in [0, 0.1) is 10.1 Å². The van der Waals surface area contributed by atoms with Gasteiger partial charge in [0.05, 0.1) is 10.7 Å². The van der Waals surface area contributed by atoms with E-state index in [9.17, 15) is 14.9 Å². The van der Waals surface area contributed by atoms with Crippen LogP contribution in [-0.4, -0.2) is 26.1 Å². The standard InChI is InChI=1S/C9H8N2O4S2/c12-8(13)5-17-9(16)10-6-1-3-7(4-2-6)11(14)15/h1-4H,5H2,(H,10,16)(H,12,13). The van der Waals surface area contributed by atoms with E-state index in [0.29, 0.717) is 10.0 Å². The molecule has 0 radical (unpaired) electrons. The lowest BCUT2D eigenvalue weighted by Crippen LogP contribution is -2.08. The van der Waals surface area contributed by atoms with Gasteiger partial charge in [-0.3, -0.25) is 14.9 Å². The van der Waals surface area contributed by atoms with E-state index < -0.39 is 10.9 Å². The second kappa shape index (κ2) is 6.16. The maximum absolute atomic E-state index is 10.4. The summed E-state index contributed by atoms with van der Waals surface area (Å²) in [5.41, 5.74) is 0.568. The zero-order valence-corrected chi connectivity index (χ0v) is 10.1. The van der Waals surface area contributed by atoms with Crippen molar-refractivity contribution in [1.29, 1.82) is 0 Å². The summed E-state index contributed by atoms with van der Waals surface area (Å²) in [5.74, 6) is -1.08. The number of nitrogens with one attached hydrogen (secondary N) is 1. The maximum atomic E-state index is 10.4. The summed E-state index contributed by atoms with van der Waals surface area (Å²) in [6, 6.07) is 5.69. The molecule has 0 atom stereocenters. The molecule has 0 saturated carbocycles. The molecule has 0 amide bonds. The topological polar surface area (TPSA) is 92.5 Å². The Kier molecular flexibility index (Phi) is 4.85. The van der Waals surface area contributed by atoms with Crippen LogP contribution in [0.5, 0.6) is 0 Å². The molecular weight excluding hydrogens is 264 g/mol. The van der Waals surface area contributed by atoms with Gasteiger partial charge in [0.25, 0.3) is 5.69 Å². The molecule has 0 saturated heterocycles. The molecule has 1 aromatic rings. The maximum Gasteiger partial charge on any atom is 0.313 e. The van der Waals surface area contributed by atoms with Crippen molar-refractivity contribution in [1.82, 2.24) is 0 Å². The number of nitrogens with zero attached hydrogens (tertiary/aromatic N) is 1. The third-order valence-corrected chi connectivity index (χ3v) is 2.86. The van der Waals surface area contributed by atoms with Gasteiger partial charge in [-0.2, -0.15) is 0 Å². The quantitative estimate of drug-likeness (QED) is 0.492. The minimum atomic E-state index is -0.956. The van der Waals surface area contributed by atoms with Crippen molar-refractivity contribution >= 4 is 45.6 Å². The lowest BCUT2D eigenvalue weighted by molar-refractivity contribution is -0.384. The van der Waals surface area contributed by atoms with Gasteiger partial charge < -0.3 is 10.4 Å². The van der Waals surface area contributed by atoms with E-state index in [0.717, 1.165) is 11.8 Å². The van der Waals surface area contributed by atoms with E-state index in [4.69, 9.17) is 17.3 Å². The molecule has 1 rings (SSSR count). The van der Waals surface area contributed by atoms with Crippen LogP contribution in [0.15, 0.2) is 24.3 Å². The van der Waals surface area contributed by atoms with Crippen molar-refractivity contribution in [2.45, 2.75) is 0 Å². The van der Waals surface area contributed by atoms with Crippen molar-refractivity contribution in [3.63, 3.8) is 0 Å². The van der Waals surface area contributed by atoms with E-state index in [-0.39, 0.29) is 11.4 Å². The number of carboxylic acids is 1. The van der Waals surface area contributed by atoms with Gasteiger partial charge in [-0.15, -0.1) is 0 Å². The molecule has 0 aliphatic heterocycles. The predicted octanol–water partition coefficient (Wildman–Crippen LogP) is 2.11. The fraction of sp³-hybridized carbons (Fsp3) is 0.111. The second-order valence-corrected chi connectivity index (χ2v) is 4.55. The number of aliphatic carboxylic acids is 1. The van der Waals surface area contributed by atoms with Gasteiger partial charge in [-0.1, -0.05) is 24.0 Å². The normalized spacial score (nSPS) is 9.65. The number of thioether (sulfide) groups is 1. The van der Waals surface area contributed by atoms with Crippen LogP contribution in [0.4, 0.5) is 11.4 Å². The van der Waals surface area contributed by atoms with Gasteiger partial charge in [0.2, 0.25) is 0 Å². The molecular formula is C9H8N2O4S2. The Hall–Kier alpha value is -1.67. The fourth-order valence-corrected chi connectivity index (χ4v) is 1.69. The lowest BCUT2D eigenvalue weighted by atomic mass is 10.3. The summed E-state index contributed by atoms with van der Waals surface area (Å²) in [6.45, 7) is 0. The Morgan fingerprint density at radius 1 is 1.47 bits per heavy atom. The Morgan fingerprint density at radius 3 is 2.53 bits per heavy atom. The summed E-state index contributed by atoms with van der Waals surface area (Å²) in [4.78, 5) is 20.2. The summed E-state index contributed by atoms with van der Waals surface area (Å²) in [6.07, 6.45) is 0. The molecule has 17 heavy (non-hydrogen) atoms. The SMILES string of the molecule is O=C(O)CSC(=S)Nc1ccc([N+](=O)[O-])cc1. The van der Waals surface area contributed by atoms with Gasteiger partial charge in [0.15, 0.2) is 0 Å². The van der Waals surface area contributed by atoms with Gasteiger partial charge in [-0.25, -0.2) is 0 Å². The predicted molar refractivity (Wildman–Crippen MR) is 69.4 cm³/mol. The van der Waals surface area contributed by atoms with E-state index >= 15 is 0 Å². The number of nitro groups is 1. The molecule has 0 unspecified atom stereocenters. The van der Waals surface area contributed by atoms with E-state index in [1.807, 2.05) is 0 Å². The molecule has 0 bridgehead atoms. The molecule has 90 valence electrons. The molecule has 0 heterocycles. The first-order valence-electron chi connectivity index (χ1n) is 4.39. The van der Waals surface area contributed by atoms with Crippen molar-refractivity contribution in [2.24, 2.45) is 0 Å². The number of thiocarbonyl (C=S) groups is 1. The highest BCUT2D eigenvalue weighted by atomic mass is 32.2. The smallest absolute Gasteiger partial charge is 0.313 e. The molecule has 2 N–H and O–H groups in total. The zero-order valence-electron chi connectivity index (χ0n) is 8.45. The Bertz CT molecular complexity index is 447. The molecule has 0 aromatic heterocycles. The summed E-state index contributed by atoms with van der Waals surface area (Å²) in [5, 5.41) is 21.6. The third-order valence-electron chi connectivity index (χ3n) is 1.65. The van der Waals surface area contributed by atoms with Crippen LogP contribution in [0.3, 0.4) is 0 Å². The lowest BCUT2D eigenvalue weighted by Gasteiger charge is -2.05. The van der Waals surface area contributed by atoms with Crippen molar-refractivity contribution in [3.8, 4) is 0 Å². The molecule has 0 aliphatic carbocycles. The Balaban J connectivity index is 2.54. The molecule has 0 aliphatic rings. The van der Waals surface area contributed by atoms with Crippen molar-refractivity contribution in [3.05, 3.63) is 34.4 Å². The van der Waals surface area contributed by atoms with Gasteiger partial charge in [0, 0.05) is 17.8 Å². The summed E-state index contributed by atoms with van der Waals surface area (Å²) < 4.78 is 0.307. The number of nitro benzene ring substituents is 1. The molecule has 0 spiro atoms. The number of carbonyl (C=O) groups is 1. The van der Waals surface area contributed by atoms with Crippen LogP contribution in [0.2, 0.25) is 0 Å². The number of benzene rings is 1. The van der Waals surface area contributed by atoms with E-state index in [1.165, 1.54) is 24.3 Å². The minimum Gasteiger partial charge on any atom is -0.481 e. The fourth-order valence-electron chi connectivity index (χ4n) is 0.948. The first-order valence-corrected chi connectivity index (χ1v) is 5.78. The third kappa shape index (κ3) is 4.79. The molecule has 1 aromatic carbocycles. The molecule has 6 nitrogen and oxygen atoms in total. The van der Waals surface area contributed by atoms with E-state index in [1.54, 1.807) is 0 Å². The van der Waals surface area contributed by atoms with Crippen LogP contribution in [0.1, 0.15) is 0 Å². The van der Waals surface area contributed by atoms with Gasteiger partial charge in [-0.05, 0) is 12.1 Å². The van der Waals surface area contributed by atoms with Crippen LogP contribution in [-0.2, 0) is 4.79 Å². The van der Waals surface area contributed by atoms with Gasteiger partial charge >= 0.3 is 5.97 Å². The molecule has 0 fully saturated rings.